The van der Waals surface area contributed by atoms with Gasteiger partial charge in [-0.1, -0.05) is 21.9 Å². The van der Waals surface area contributed by atoms with E-state index in [0.29, 0.717) is 53.7 Å². The number of aromatic nitrogens is 2. The number of hydrogen-bond acceptors (Lipinski definition) is 12. The van der Waals surface area contributed by atoms with Gasteiger partial charge in [-0.25, -0.2) is 9.97 Å². The lowest BCUT2D eigenvalue weighted by atomic mass is 10.2. The summed E-state index contributed by atoms with van der Waals surface area (Å²) >= 11 is 6.05. The van der Waals surface area contributed by atoms with Gasteiger partial charge in [-0.3, -0.25) is 9.59 Å². The van der Waals surface area contributed by atoms with Crippen LogP contribution in [0.25, 0.3) is 0 Å². The van der Waals surface area contributed by atoms with E-state index >= 15 is 0 Å². The molecule has 0 amide bonds. The number of nitrogens with one attached hydrogen (secondary N) is 2. The number of carbonyl (C=O) groups is 2. The fourth-order valence-electron chi connectivity index (χ4n) is 3.23. The minimum Gasteiger partial charge on any atom is -0.460 e. The molecule has 0 aliphatic rings. The van der Waals surface area contributed by atoms with Crippen LogP contribution in [0.2, 0.25) is 5.02 Å². The monoisotopic (exact) mass is 622 g/mol. The average molecular weight is 623 g/mol. The molecule has 0 atom stereocenters. The Hall–Kier alpha value is -4.33. The number of anilines is 2. The first-order chi connectivity index (χ1) is 20.0. The van der Waals surface area contributed by atoms with E-state index in [2.05, 4.69) is 30.9 Å². The fourth-order valence-corrected chi connectivity index (χ4v) is 3.46. The van der Waals surface area contributed by atoms with Crippen molar-refractivity contribution in [1.82, 2.24) is 9.97 Å². The molecule has 0 bridgehead atoms. The van der Waals surface area contributed by atoms with Crippen LogP contribution in [-0.4, -0.2) is 68.3 Å². The molecule has 238 valence electrons. The third-order valence-electron chi connectivity index (χ3n) is 5.04. The molecular formula is C28H43ClN8O6. The summed E-state index contributed by atoms with van der Waals surface area (Å²) in [6.07, 6.45) is 4.09. The van der Waals surface area contributed by atoms with Gasteiger partial charge < -0.3 is 42.0 Å². The molecule has 0 aliphatic heterocycles. The van der Waals surface area contributed by atoms with E-state index < -0.39 is 11.2 Å². The second kappa shape index (κ2) is 16.9. The zero-order valence-corrected chi connectivity index (χ0v) is 26.4. The molecule has 43 heavy (non-hydrogen) atoms. The van der Waals surface area contributed by atoms with Crippen molar-refractivity contribution in [3.8, 4) is 0 Å². The van der Waals surface area contributed by atoms with Gasteiger partial charge in [0, 0.05) is 43.0 Å². The summed E-state index contributed by atoms with van der Waals surface area (Å²) < 4.78 is 10.4. The maximum absolute atomic E-state index is 11.6. The maximum atomic E-state index is 11.6. The number of hydrogen-bond donors (Lipinski definition) is 6. The topological polar surface area (TPSA) is 220 Å². The van der Waals surface area contributed by atoms with E-state index in [9.17, 15) is 9.59 Å². The molecule has 0 unspecified atom stereocenters. The van der Waals surface area contributed by atoms with E-state index in [1.807, 2.05) is 48.5 Å². The summed E-state index contributed by atoms with van der Waals surface area (Å²) in [6, 6.07) is 3.29. The Balaban J connectivity index is 0.000000430. The van der Waals surface area contributed by atoms with Gasteiger partial charge in [-0.15, -0.1) is 0 Å². The average Bonchev–Trinajstić information content (AvgIpc) is 2.90. The van der Waals surface area contributed by atoms with Crippen molar-refractivity contribution in [3.05, 3.63) is 46.2 Å². The SMILES string of the molecule is CC(C)(C)OC(=O)CCCNc1ncc(C(N)=NO)cc1Cl.Cc1cc(C(N)=NO)cnc1NCCC(=O)OC(C)(C)C. The van der Waals surface area contributed by atoms with Crippen LogP contribution in [0.3, 0.4) is 0 Å². The van der Waals surface area contributed by atoms with E-state index in [4.69, 9.17) is 43.0 Å². The number of nitrogens with two attached hydrogens (primary N) is 2. The molecular weight excluding hydrogens is 580 g/mol. The minimum atomic E-state index is -0.478. The van der Waals surface area contributed by atoms with Crippen LogP contribution in [0.15, 0.2) is 34.8 Å². The second-order valence-corrected chi connectivity index (χ2v) is 11.7. The van der Waals surface area contributed by atoms with Crippen LogP contribution in [0.5, 0.6) is 0 Å². The normalized spacial score (nSPS) is 12.1. The van der Waals surface area contributed by atoms with Crippen LogP contribution >= 0.6 is 11.6 Å². The molecule has 2 aromatic heterocycles. The van der Waals surface area contributed by atoms with Crippen molar-refractivity contribution in [1.29, 1.82) is 0 Å². The summed E-state index contributed by atoms with van der Waals surface area (Å²) in [5.74, 6) is 0.557. The van der Waals surface area contributed by atoms with Crippen LogP contribution < -0.4 is 22.1 Å². The highest BCUT2D eigenvalue weighted by Crippen LogP contribution is 2.20. The number of carbonyl (C=O) groups excluding carboxylic acids is 2. The minimum absolute atomic E-state index is 0.00547. The predicted molar refractivity (Wildman–Crippen MR) is 166 cm³/mol. The van der Waals surface area contributed by atoms with Crippen LogP contribution in [0.4, 0.5) is 11.6 Å². The molecule has 2 rings (SSSR count). The lowest BCUT2D eigenvalue weighted by Gasteiger charge is -2.19. The van der Waals surface area contributed by atoms with Gasteiger partial charge in [0.1, 0.15) is 22.8 Å². The highest BCUT2D eigenvalue weighted by atomic mass is 35.5. The maximum Gasteiger partial charge on any atom is 0.308 e. The molecule has 0 fully saturated rings. The third kappa shape index (κ3) is 14.9. The van der Waals surface area contributed by atoms with Crippen molar-refractivity contribution in [3.63, 3.8) is 0 Å². The lowest BCUT2D eigenvalue weighted by Crippen LogP contribution is -2.25. The summed E-state index contributed by atoms with van der Waals surface area (Å²) in [5.41, 5.74) is 11.8. The third-order valence-corrected chi connectivity index (χ3v) is 5.33. The Kier molecular flexibility index (Phi) is 14.5. The van der Waals surface area contributed by atoms with E-state index in [1.54, 1.807) is 12.1 Å². The summed E-state index contributed by atoms with van der Waals surface area (Å²) in [5, 5.41) is 29.4. The first-order valence-corrected chi connectivity index (χ1v) is 13.8. The molecule has 0 aromatic carbocycles. The van der Waals surface area contributed by atoms with Crippen molar-refractivity contribution in [2.24, 2.45) is 21.8 Å². The van der Waals surface area contributed by atoms with Crippen molar-refractivity contribution >= 4 is 46.8 Å². The number of amidine groups is 2. The number of nitrogens with zero attached hydrogens (tertiary/aromatic N) is 4. The largest absolute Gasteiger partial charge is 0.460 e. The number of pyridine rings is 2. The van der Waals surface area contributed by atoms with E-state index in [-0.39, 0.29) is 30.0 Å². The second-order valence-electron chi connectivity index (χ2n) is 11.3. The molecule has 15 heteroatoms. The van der Waals surface area contributed by atoms with Gasteiger partial charge in [0.25, 0.3) is 0 Å². The van der Waals surface area contributed by atoms with Crippen molar-refractivity contribution in [2.75, 3.05) is 23.7 Å². The molecule has 0 saturated carbocycles. The summed E-state index contributed by atoms with van der Waals surface area (Å²) in [4.78, 5) is 31.4. The fraction of sp³-hybridized carbons (Fsp3) is 0.500. The van der Waals surface area contributed by atoms with Crippen LogP contribution in [-0.2, 0) is 19.1 Å². The van der Waals surface area contributed by atoms with Crippen molar-refractivity contribution < 1.29 is 29.5 Å². The molecule has 0 spiro atoms. The first kappa shape index (κ1) is 36.7. The number of rotatable bonds is 11. The first-order valence-electron chi connectivity index (χ1n) is 13.4. The van der Waals surface area contributed by atoms with Crippen LogP contribution in [0, 0.1) is 6.92 Å². The van der Waals surface area contributed by atoms with Gasteiger partial charge in [0.2, 0.25) is 0 Å². The van der Waals surface area contributed by atoms with Gasteiger partial charge in [0.05, 0.1) is 11.4 Å². The highest BCUT2D eigenvalue weighted by Gasteiger charge is 2.17. The molecule has 0 aliphatic carbocycles. The van der Waals surface area contributed by atoms with E-state index in [1.165, 1.54) is 12.4 Å². The van der Waals surface area contributed by atoms with Gasteiger partial charge in [0.15, 0.2) is 11.7 Å². The molecule has 2 heterocycles. The molecule has 8 N–H and O–H groups in total. The Morgan fingerprint density at radius 2 is 1.30 bits per heavy atom. The van der Waals surface area contributed by atoms with Crippen molar-refractivity contribution in [2.45, 2.75) is 78.9 Å². The zero-order valence-electron chi connectivity index (χ0n) is 25.7. The number of oxime groups is 2. The Labute approximate surface area is 256 Å². The van der Waals surface area contributed by atoms with Gasteiger partial charge in [-0.05, 0) is 72.6 Å². The number of halogens is 1. The zero-order chi connectivity index (χ0) is 32.8. The summed E-state index contributed by atoms with van der Waals surface area (Å²) in [6.45, 7) is 13.8. The number of esters is 2. The smallest absolute Gasteiger partial charge is 0.308 e. The van der Waals surface area contributed by atoms with Gasteiger partial charge in [-0.2, -0.15) is 0 Å². The summed E-state index contributed by atoms with van der Waals surface area (Å²) in [7, 11) is 0. The van der Waals surface area contributed by atoms with Crippen LogP contribution in [0.1, 0.15) is 77.5 Å². The quantitative estimate of drug-likeness (QED) is 0.0523. The molecule has 2 aromatic rings. The molecule has 0 saturated heterocycles. The van der Waals surface area contributed by atoms with E-state index in [0.717, 1.165) is 5.56 Å². The lowest BCUT2D eigenvalue weighted by molar-refractivity contribution is -0.155. The molecule has 0 radical (unpaired) electrons. The number of aryl methyl sites for hydroxylation is 1. The standard InChI is InChI=1S/C14H21ClN4O3.C14H22N4O3/c1-14(2,3)22-11(20)5-4-6-17-13-10(15)7-9(8-18-13)12(16)19-21;1-9-7-10(12(15)18-20)8-17-13(9)16-6-5-11(19)21-14(2,3)4/h7-8,21H,4-6H2,1-3H3,(H2,16,19)(H,17,18);7-8,20H,5-6H2,1-4H3,(H2,15,18)(H,16,17). The van der Waals surface area contributed by atoms with Gasteiger partial charge >= 0.3 is 11.9 Å². The Morgan fingerprint density at radius 1 is 0.837 bits per heavy atom. The highest BCUT2D eigenvalue weighted by molar-refractivity contribution is 6.33. The predicted octanol–water partition coefficient (Wildman–Crippen LogP) is 3.99. The Bertz CT molecular complexity index is 1290. The Morgan fingerprint density at radius 3 is 1.77 bits per heavy atom. The molecule has 14 nitrogen and oxygen atoms in total. The number of ether oxygens (including phenoxy) is 2.